The molecule has 7 heteroatoms. The van der Waals surface area contributed by atoms with Crippen LogP contribution in [-0.4, -0.2) is 38.7 Å². The van der Waals surface area contributed by atoms with Gasteiger partial charge in [-0.25, -0.2) is 0 Å². The Balaban J connectivity index is 1.85. The molecule has 5 N–H and O–H groups in total. The van der Waals surface area contributed by atoms with Crippen LogP contribution in [0.1, 0.15) is 56.4 Å². The summed E-state index contributed by atoms with van der Waals surface area (Å²) in [6, 6.07) is 4.11. The minimum Gasteiger partial charge on any atom is -0.507 e. The first-order valence-electron chi connectivity index (χ1n) is 10.9. The molecule has 0 bridgehead atoms. The number of aromatic hydroxyl groups is 4. The SMILES string of the molecule is COc1c(O)cc(C2Oc3cc(O)c(CC=C(C)CCC=C(C)C)c(O)c3CC2O)cc1O. The van der Waals surface area contributed by atoms with Gasteiger partial charge in [0.25, 0.3) is 0 Å². The molecule has 2 unspecified atom stereocenters. The maximum absolute atomic E-state index is 10.8. The second kappa shape index (κ2) is 10.1. The van der Waals surface area contributed by atoms with Gasteiger partial charge in [0.05, 0.1) is 13.2 Å². The Kier molecular flexibility index (Phi) is 7.43. The lowest BCUT2D eigenvalue weighted by molar-refractivity contribution is 0.0195. The van der Waals surface area contributed by atoms with E-state index in [2.05, 4.69) is 19.9 Å². The van der Waals surface area contributed by atoms with Crippen LogP contribution < -0.4 is 9.47 Å². The van der Waals surface area contributed by atoms with Crippen LogP contribution in [0.15, 0.2) is 41.5 Å². The van der Waals surface area contributed by atoms with E-state index in [0.717, 1.165) is 18.4 Å². The Morgan fingerprint density at radius 3 is 2.30 bits per heavy atom. The fourth-order valence-corrected chi connectivity index (χ4v) is 4.00. The van der Waals surface area contributed by atoms with Crippen molar-refractivity contribution < 1.29 is 35.0 Å². The third kappa shape index (κ3) is 5.37. The monoisotopic (exact) mass is 456 g/mol. The number of aliphatic hydroxyl groups is 1. The molecular formula is C26H32O7. The Morgan fingerprint density at radius 1 is 1.03 bits per heavy atom. The Hall–Kier alpha value is -3.32. The lowest BCUT2D eigenvalue weighted by Gasteiger charge is -2.32. The standard InChI is InChI=1S/C26H32O7/c1-14(2)6-5-7-15(3)8-9-17-19(27)13-23-18(24(17)31)12-22(30)25(33-23)16-10-20(28)26(32-4)21(29)11-16/h6,8,10-11,13,22,25,27-31H,5,7,9,12H2,1-4H3. The highest BCUT2D eigenvalue weighted by atomic mass is 16.5. The molecule has 2 aromatic rings. The molecular weight excluding hydrogens is 424 g/mol. The zero-order valence-electron chi connectivity index (χ0n) is 19.4. The summed E-state index contributed by atoms with van der Waals surface area (Å²) in [5, 5.41) is 52.3. The van der Waals surface area contributed by atoms with Crippen LogP contribution in [0.25, 0.3) is 0 Å². The van der Waals surface area contributed by atoms with Crippen LogP contribution in [0.5, 0.6) is 34.5 Å². The first-order chi connectivity index (χ1) is 15.6. The first kappa shape index (κ1) is 24.3. The maximum Gasteiger partial charge on any atom is 0.202 e. The molecule has 0 saturated carbocycles. The summed E-state index contributed by atoms with van der Waals surface area (Å²) in [7, 11) is 1.32. The van der Waals surface area contributed by atoms with Crippen molar-refractivity contribution in [3.8, 4) is 34.5 Å². The number of phenols is 4. The third-order valence-corrected chi connectivity index (χ3v) is 5.81. The fraction of sp³-hybridized carbons (Fsp3) is 0.385. The normalized spacial score (nSPS) is 17.8. The second-order valence-electron chi connectivity index (χ2n) is 8.68. The van der Waals surface area contributed by atoms with Crippen LogP contribution >= 0.6 is 0 Å². The Morgan fingerprint density at radius 2 is 1.70 bits per heavy atom. The number of hydrogen-bond acceptors (Lipinski definition) is 7. The summed E-state index contributed by atoms with van der Waals surface area (Å²) in [4.78, 5) is 0. The molecule has 33 heavy (non-hydrogen) atoms. The van der Waals surface area contributed by atoms with Crippen LogP contribution in [0.3, 0.4) is 0 Å². The van der Waals surface area contributed by atoms with Gasteiger partial charge < -0.3 is 35.0 Å². The molecule has 1 aliphatic heterocycles. The van der Waals surface area contributed by atoms with Crippen LogP contribution in [0.2, 0.25) is 0 Å². The van der Waals surface area contributed by atoms with Gasteiger partial charge in [-0.05, 0) is 52.2 Å². The van der Waals surface area contributed by atoms with Gasteiger partial charge in [0, 0.05) is 29.2 Å². The fourth-order valence-electron chi connectivity index (χ4n) is 4.00. The number of ether oxygens (including phenoxy) is 2. The van der Waals surface area contributed by atoms with Crippen molar-refractivity contribution in [2.45, 2.75) is 58.7 Å². The Labute approximate surface area is 193 Å². The van der Waals surface area contributed by atoms with E-state index in [1.165, 1.54) is 30.9 Å². The van der Waals surface area contributed by atoms with E-state index in [1.54, 1.807) is 0 Å². The van der Waals surface area contributed by atoms with E-state index < -0.39 is 12.2 Å². The average Bonchev–Trinajstić information content (AvgIpc) is 2.73. The highest BCUT2D eigenvalue weighted by Gasteiger charge is 2.34. The van der Waals surface area contributed by atoms with Gasteiger partial charge in [0.2, 0.25) is 5.75 Å². The van der Waals surface area contributed by atoms with Crippen molar-refractivity contribution in [3.05, 3.63) is 58.2 Å². The minimum atomic E-state index is -1.05. The topological polar surface area (TPSA) is 120 Å². The lowest BCUT2D eigenvalue weighted by atomic mass is 9.91. The van der Waals surface area contributed by atoms with Crippen molar-refractivity contribution >= 4 is 0 Å². The van der Waals surface area contributed by atoms with Gasteiger partial charge in [0.1, 0.15) is 17.2 Å². The number of fused-ring (bicyclic) bond motifs is 1. The summed E-state index contributed by atoms with van der Waals surface area (Å²) >= 11 is 0. The van der Waals surface area contributed by atoms with Gasteiger partial charge in [-0.1, -0.05) is 23.3 Å². The molecule has 0 amide bonds. The van der Waals surface area contributed by atoms with Gasteiger partial charge in [-0.15, -0.1) is 0 Å². The summed E-state index contributed by atoms with van der Waals surface area (Å²) in [5.74, 6) is -0.619. The summed E-state index contributed by atoms with van der Waals surface area (Å²) in [5.41, 5.74) is 3.54. The van der Waals surface area contributed by atoms with Crippen molar-refractivity contribution in [2.24, 2.45) is 0 Å². The number of rotatable bonds is 7. The van der Waals surface area contributed by atoms with E-state index in [1.807, 2.05) is 13.0 Å². The molecule has 0 aliphatic carbocycles. The lowest BCUT2D eigenvalue weighted by Crippen LogP contribution is -2.30. The quantitative estimate of drug-likeness (QED) is 0.380. The number of aliphatic hydroxyl groups excluding tert-OH is 1. The largest absolute Gasteiger partial charge is 0.507 e. The van der Waals surface area contributed by atoms with Gasteiger partial charge in [-0.2, -0.15) is 0 Å². The van der Waals surface area contributed by atoms with Gasteiger partial charge in [-0.3, -0.25) is 0 Å². The number of phenolic OH excluding ortho intramolecular Hbond substituents is 4. The van der Waals surface area contributed by atoms with Crippen molar-refractivity contribution in [1.29, 1.82) is 0 Å². The molecule has 2 atom stereocenters. The van der Waals surface area contributed by atoms with Gasteiger partial charge >= 0.3 is 0 Å². The molecule has 0 aromatic heterocycles. The van der Waals surface area contributed by atoms with E-state index >= 15 is 0 Å². The smallest absolute Gasteiger partial charge is 0.202 e. The molecule has 1 aliphatic rings. The highest BCUT2D eigenvalue weighted by molar-refractivity contribution is 5.59. The average molecular weight is 457 g/mol. The number of hydrogen-bond donors (Lipinski definition) is 5. The Bertz CT molecular complexity index is 1060. The first-order valence-corrected chi connectivity index (χ1v) is 10.9. The molecule has 178 valence electrons. The van der Waals surface area contributed by atoms with E-state index in [4.69, 9.17) is 9.47 Å². The highest BCUT2D eigenvalue weighted by Crippen LogP contribution is 2.46. The molecule has 0 spiro atoms. The minimum absolute atomic E-state index is 0.0754. The number of methoxy groups -OCH3 is 1. The molecule has 2 aromatic carbocycles. The molecule has 0 saturated heterocycles. The van der Waals surface area contributed by atoms with Crippen LogP contribution in [0.4, 0.5) is 0 Å². The molecule has 3 rings (SSSR count). The van der Waals surface area contributed by atoms with Crippen molar-refractivity contribution in [2.75, 3.05) is 7.11 Å². The van der Waals surface area contributed by atoms with Crippen LogP contribution in [-0.2, 0) is 12.8 Å². The molecule has 0 radical (unpaired) electrons. The maximum atomic E-state index is 10.8. The van der Waals surface area contributed by atoms with Crippen LogP contribution in [0, 0.1) is 0 Å². The van der Waals surface area contributed by atoms with E-state index in [9.17, 15) is 25.5 Å². The number of benzene rings is 2. The van der Waals surface area contributed by atoms with Crippen molar-refractivity contribution in [1.82, 2.24) is 0 Å². The predicted octanol–water partition coefficient (Wildman–Crippen LogP) is 4.79. The summed E-state index contributed by atoms with van der Waals surface area (Å²) in [6.07, 6.45) is 4.44. The second-order valence-corrected chi connectivity index (χ2v) is 8.68. The molecule has 7 nitrogen and oxygen atoms in total. The zero-order valence-corrected chi connectivity index (χ0v) is 19.4. The predicted molar refractivity (Wildman–Crippen MR) is 125 cm³/mol. The summed E-state index contributed by atoms with van der Waals surface area (Å²) < 4.78 is 10.8. The molecule has 0 fully saturated rings. The van der Waals surface area contributed by atoms with Crippen molar-refractivity contribution in [3.63, 3.8) is 0 Å². The third-order valence-electron chi connectivity index (χ3n) is 5.81. The zero-order chi connectivity index (χ0) is 24.3. The molecule has 1 heterocycles. The van der Waals surface area contributed by atoms with E-state index in [-0.39, 0.29) is 40.9 Å². The van der Waals surface area contributed by atoms with E-state index in [0.29, 0.717) is 23.1 Å². The summed E-state index contributed by atoms with van der Waals surface area (Å²) in [6.45, 7) is 6.13. The van der Waals surface area contributed by atoms with Gasteiger partial charge in [0.15, 0.2) is 17.6 Å². The number of allylic oxidation sites excluding steroid dienone is 4.